The summed E-state index contributed by atoms with van der Waals surface area (Å²) in [5.74, 6) is -0.303. The highest BCUT2D eigenvalue weighted by atomic mass is 32.1. The van der Waals surface area contributed by atoms with Crippen LogP contribution in [0.3, 0.4) is 0 Å². The first kappa shape index (κ1) is 13.1. The summed E-state index contributed by atoms with van der Waals surface area (Å²) in [4.78, 5) is 4.16. The molecule has 2 heterocycles. The number of pyridine rings is 1. The number of hydrogen-bond donors (Lipinski definition) is 1. The van der Waals surface area contributed by atoms with Gasteiger partial charge in [0.2, 0.25) is 0 Å². The molecule has 0 spiro atoms. The summed E-state index contributed by atoms with van der Waals surface area (Å²) in [6, 6.07) is 11.7. The predicted molar refractivity (Wildman–Crippen MR) is 82.7 cm³/mol. The van der Waals surface area contributed by atoms with Gasteiger partial charge in [-0.15, -0.1) is 11.3 Å². The van der Waals surface area contributed by atoms with Crippen LogP contribution < -0.4 is 5.32 Å². The Hall–Kier alpha value is -1.94. The third-order valence-corrected chi connectivity index (χ3v) is 4.21. The maximum absolute atomic E-state index is 12.9. The molecule has 1 aromatic carbocycles. The number of halogens is 1. The molecule has 1 unspecified atom stereocenters. The molecule has 0 fully saturated rings. The molecule has 0 saturated heterocycles. The zero-order chi connectivity index (χ0) is 13.9. The molecular formula is C16H15FN2S. The molecule has 0 aliphatic carbocycles. The molecule has 0 aliphatic heterocycles. The molecule has 3 rings (SSSR count). The van der Waals surface area contributed by atoms with Crippen molar-refractivity contribution < 1.29 is 4.39 Å². The van der Waals surface area contributed by atoms with Crippen LogP contribution in [0.4, 0.5) is 10.1 Å². The fourth-order valence-electron chi connectivity index (χ4n) is 2.24. The third kappa shape index (κ3) is 2.65. The van der Waals surface area contributed by atoms with Crippen molar-refractivity contribution >= 4 is 27.1 Å². The first-order valence-electron chi connectivity index (χ1n) is 6.61. The van der Waals surface area contributed by atoms with Crippen LogP contribution in [0.25, 0.3) is 10.1 Å². The van der Waals surface area contributed by atoms with Crippen LogP contribution in [-0.2, 0) is 0 Å². The summed E-state index contributed by atoms with van der Waals surface area (Å²) in [6.07, 6.45) is 2.15. The largest absolute Gasteiger partial charge is 0.377 e. The van der Waals surface area contributed by atoms with Gasteiger partial charge in [0, 0.05) is 10.4 Å². The molecule has 0 aliphatic rings. The van der Waals surface area contributed by atoms with Crippen molar-refractivity contribution in [1.82, 2.24) is 4.98 Å². The Morgan fingerprint density at radius 1 is 1.25 bits per heavy atom. The highest BCUT2D eigenvalue weighted by Gasteiger charge is 2.11. The molecule has 0 radical (unpaired) electrons. The lowest BCUT2D eigenvalue weighted by molar-refractivity contribution is 0.614. The van der Waals surface area contributed by atoms with Gasteiger partial charge in [-0.2, -0.15) is 0 Å². The summed E-state index contributed by atoms with van der Waals surface area (Å²) in [5, 5.41) is 6.79. The molecule has 1 atom stereocenters. The Labute approximate surface area is 121 Å². The minimum Gasteiger partial charge on any atom is -0.377 e. The lowest BCUT2D eigenvalue weighted by Crippen LogP contribution is -2.11. The monoisotopic (exact) mass is 286 g/mol. The number of hydrogen-bond acceptors (Lipinski definition) is 3. The fourth-order valence-corrected chi connectivity index (χ4v) is 3.01. The molecule has 2 aromatic heterocycles. The van der Waals surface area contributed by atoms with Crippen molar-refractivity contribution in [2.75, 3.05) is 5.32 Å². The smallest absolute Gasteiger partial charge is 0.141 e. The lowest BCUT2D eigenvalue weighted by Gasteiger charge is -2.17. The molecule has 1 N–H and O–H groups in total. The Bertz CT molecular complexity index is 706. The lowest BCUT2D eigenvalue weighted by atomic mass is 10.1. The van der Waals surface area contributed by atoms with Crippen LogP contribution in [0.15, 0.2) is 48.0 Å². The number of thiophene rings is 1. The van der Waals surface area contributed by atoms with E-state index in [-0.39, 0.29) is 11.9 Å². The Balaban J connectivity index is 1.84. The number of rotatable bonds is 4. The second kappa shape index (κ2) is 5.59. The van der Waals surface area contributed by atoms with E-state index < -0.39 is 0 Å². The van der Waals surface area contributed by atoms with E-state index in [2.05, 4.69) is 46.9 Å². The van der Waals surface area contributed by atoms with E-state index in [1.807, 2.05) is 0 Å². The van der Waals surface area contributed by atoms with Crippen molar-refractivity contribution in [3.05, 3.63) is 59.5 Å². The minimum atomic E-state index is -0.303. The average molecular weight is 286 g/mol. The zero-order valence-electron chi connectivity index (χ0n) is 11.1. The van der Waals surface area contributed by atoms with Crippen LogP contribution in [0, 0.1) is 5.82 Å². The Kier molecular flexibility index (Phi) is 3.65. The van der Waals surface area contributed by atoms with Crippen LogP contribution in [0.5, 0.6) is 0 Å². The first-order valence-corrected chi connectivity index (χ1v) is 7.49. The predicted octanol–water partition coefficient (Wildman–Crippen LogP) is 5.00. The van der Waals surface area contributed by atoms with Crippen molar-refractivity contribution in [2.24, 2.45) is 0 Å². The maximum Gasteiger partial charge on any atom is 0.141 e. The number of benzene rings is 1. The quantitative estimate of drug-likeness (QED) is 0.730. The van der Waals surface area contributed by atoms with E-state index in [1.165, 1.54) is 22.3 Å². The molecule has 102 valence electrons. The fraction of sp³-hybridized carbons (Fsp3) is 0.188. The SMILES string of the molecule is CCC(Nc1ccc2sccc2c1)c1ccc(F)cn1. The normalized spacial score (nSPS) is 12.5. The van der Waals surface area contributed by atoms with E-state index >= 15 is 0 Å². The summed E-state index contributed by atoms with van der Waals surface area (Å²) >= 11 is 1.74. The molecule has 0 amide bonds. The summed E-state index contributed by atoms with van der Waals surface area (Å²) in [5.41, 5.74) is 1.92. The second-order valence-electron chi connectivity index (χ2n) is 4.68. The highest BCUT2D eigenvalue weighted by molar-refractivity contribution is 7.17. The van der Waals surface area contributed by atoms with Crippen molar-refractivity contribution in [3.8, 4) is 0 Å². The molecule has 0 bridgehead atoms. The van der Waals surface area contributed by atoms with Gasteiger partial charge in [0.15, 0.2) is 0 Å². The number of anilines is 1. The van der Waals surface area contributed by atoms with Gasteiger partial charge in [-0.25, -0.2) is 4.39 Å². The van der Waals surface area contributed by atoms with Gasteiger partial charge in [-0.1, -0.05) is 6.92 Å². The summed E-state index contributed by atoms with van der Waals surface area (Å²) in [7, 11) is 0. The van der Waals surface area contributed by atoms with Crippen molar-refractivity contribution in [2.45, 2.75) is 19.4 Å². The molecular weight excluding hydrogens is 271 g/mol. The molecule has 4 heteroatoms. The van der Waals surface area contributed by atoms with E-state index in [4.69, 9.17) is 0 Å². The topological polar surface area (TPSA) is 24.9 Å². The van der Waals surface area contributed by atoms with Crippen molar-refractivity contribution in [1.29, 1.82) is 0 Å². The van der Waals surface area contributed by atoms with Gasteiger partial charge in [0.1, 0.15) is 5.82 Å². The highest BCUT2D eigenvalue weighted by Crippen LogP contribution is 2.27. The number of nitrogens with zero attached hydrogens (tertiary/aromatic N) is 1. The third-order valence-electron chi connectivity index (χ3n) is 3.31. The maximum atomic E-state index is 12.9. The number of nitrogens with one attached hydrogen (secondary N) is 1. The molecule has 0 saturated carbocycles. The van der Waals surface area contributed by atoms with Gasteiger partial charge >= 0.3 is 0 Å². The minimum absolute atomic E-state index is 0.0895. The van der Waals surface area contributed by atoms with E-state index in [9.17, 15) is 4.39 Å². The molecule has 2 nitrogen and oxygen atoms in total. The Morgan fingerprint density at radius 2 is 2.15 bits per heavy atom. The van der Waals surface area contributed by atoms with Gasteiger partial charge < -0.3 is 5.32 Å². The average Bonchev–Trinajstić information content (AvgIpc) is 2.93. The second-order valence-corrected chi connectivity index (χ2v) is 5.63. The van der Waals surface area contributed by atoms with E-state index in [0.29, 0.717) is 0 Å². The van der Waals surface area contributed by atoms with Gasteiger partial charge in [-0.05, 0) is 53.6 Å². The zero-order valence-corrected chi connectivity index (χ0v) is 12.0. The first-order chi connectivity index (χ1) is 9.76. The van der Waals surface area contributed by atoms with Crippen LogP contribution in [-0.4, -0.2) is 4.98 Å². The van der Waals surface area contributed by atoms with Gasteiger partial charge in [0.25, 0.3) is 0 Å². The standard InChI is InChI=1S/C16H15FN2S/c1-2-14(15-5-3-12(17)10-18-15)19-13-4-6-16-11(9-13)7-8-20-16/h3-10,14,19H,2H2,1H3. The van der Waals surface area contributed by atoms with Gasteiger partial charge in [-0.3, -0.25) is 4.98 Å². The summed E-state index contributed by atoms with van der Waals surface area (Å²) < 4.78 is 14.2. The molecule has 20 heavy (non-hydrogen) atoms. The molecule has 3 aromatic rings. The van der Waals surface area contributed by atoms with Crippen LogP contribution >= 0.6 is 11.3 Å². The Morgan fingerprint density at radius 3 is 2.90 bits per heavy atom. The van der Waals surface area contributed by atoms with Crippen molar-refractivity contribution in [3.63, 3.8) is 0 Å². The summed E-state index contributed by atoms with van der Waals surface area (Å²) in [6.45, 7) is 2.09. The number of aromatic nitrogens is 1. The number of fused-ring (bicyclic) bond motifs is 1. The van der Waals surface area contributed by atoms with Crippen LogP contribution in [0.2, 0.25) is 0 Å². The van der Waals surface area contributed by atoms with E-state index in [0.717, 1.165) is 17.8 Å². The van der Waals surface area contributed by atoms with E-state index in [1.54, 1.807) is 17.4 Å². The van der Waals surface area contributed by atoms with Crippen LogP contribution in [0.1, 0.15) is 25.1 Å². The van der Waals surface area contributed by atoms with Gasteiger partial charge in [0.05, 0.1) is 17.9 Å².